The molecule has 0 bridgehead atoms. The molecule has 0 heterocycles. The smallest absolute Gasteiger partial charge is 0 e. The van der Waals surface area contributed by atoms with Gasteiger partial charge in [0.05, 0.1) is 0 Å². The van der Waals surface area contributed by atoms with Crippen molar-refractivity contribution in [2.24, 2.45) is 0 Å². The van der Waals surface area contributed by atoms with Gasteiger partial charge in [-0.05, 0) is 0 Å². The first kappa shape index (κ1) is 40.4. The molecule has 0 aromatic carbocycles. The minimum atomic E-state index is 0. The summed E-state index contributed by atoms with van der Waals surface area (Å²) in [6.45, 7) is 0. The molecule has 0 aliphatic rings. The van der Waals surface area contributed by atoms with Crippen LogP contribution in [0.15, 0.2) is 0 Å². The molecule has 0 aliphatic heterocycles. The SMILES string of the molecule is [Ag].[Cd].[Cu].[Cu].[Zn]. The first-order valence-corrected chi connectivity index (χ1v) is 0. The molecule has 0 rings (SSSR count). The van der Waals surface area contributed by atoms with Crippen LogP contribution in [0, 0.1) is 0 Å². The van der Waals surface area contributed by atoms with Gasteiger partial charge in [-0.15, -0.1) is 0 Å². The Morgan fingerprint density at radius 2 is 0.800 bits per heavy atom. The van der Waals surface area contributed by atoms with Crippen LogP contribution >= 0.6 is 0 Å². The molecule has 5 heavy (non-hydrogen) atoms. The van der Waals surface area contributed by atoms with Crippen molar-refractivity contribution in [1.29, 1.82) is 0 Å². The number of hydrogen-bond acceptors (Lipinski definition) is 0. The summed E-state index contributed by atoms with van der Waals surface area (Å²) in [5.74, 6) is 0. The maximum Gasteiger partial charge on any atom is 0 e. The van der Waals surface area contributed by atoms with Crippen LogP contribution in [0.2, 0.25) is 0 Å². The van der Waals surface area contributed by atoms with Gasteiger partial charge in [0.2, 0.25) is 0 Å². The second-order valence-electron chi connectivity index (χ2n) is 0. The molecule has 0 spiro atoms. The molecule has 0 fully saturated rings. The van der Waals surface area contributed by atoms with Crippen LogP contribution in [0.25, 0.3) is 0 Å². The van der Waals surface area contributed by atoms with Crippen LogP contribution in [0.3, 0.4) is 0 Å². The Balaban J connectivity index is 0. The average molecular weight is 413 g/mol. The van der Waals surface area contributed by atoms with Gasteiger partial charge in [-0.2, -0.15) is 0 Å². The molecule has 0 nitrogen and oxygen atoms in total. The van der Waals surface area contributed by atoms with Crippen molar-refractivity contribution in [3.63, 3.8) is 0 Å². The summed E-state index contributed by atoms with van der Waals surface area (Å²) in [6, 6.07) is 0. The van der Waals surface area contributed by atoms with Crippen molar-refractivity contribution in [3.8, 4) is 0 Å². The summed E-state index contributed by atoms with van der Waals surface area (Å²) >= 11 is 0. The zero-order valence-electron chi connectivity index (χ0n) is 2.32. The Kier molecular flexibility index (Phi) is 214. The van der Waals surface area contributed by atoms with E-state index >= 15 is 0 Å². The van der Waals surface area contributed by atoms with E-state index in [1.807, 2.05) is 0 Å². The third kappa shape index (κ3) is 18.8. The predicted molar refractivity (Wildman–Crippen MR) is 0 cm³/mol. The van der Waals surface area contributed by atoms with E-state index in [0.717, 1.165) is 0 Å². The summed E-state index contributed by atoms with van der Waals surface area (Å²) in [5, 5.41) is 0. The molecule has 0 unspecified atom stereocenters. The molecule has 0 saturated carbocycles. The van der Waals surface area contributed by atoms with Gasteiger partial charge in [0.15, 0.2) is 0 Å². The third-order valence-corrected chi connectivity index (χ3v) is 0. The molecule has 0 amide bonds. The molecule has 37 valence electrons. The standard InChI is InChI=1S/Ag.Cd.2Cu.Zn. The fraction of sp³-hybridized carbons (Fsp3) is 0. The first-order chi connectivity index (χ1) is 0. The maximum atomic E-state index is 0. The van der Waals surface area contributed by atoms with E-state index in [1.54, 1.807) is 0 Å². The van der Waals surface area contributed by atoms with Crippen LogP contribution in [0.4, 0.5) is 0 Å². The van der Waals surface area contributed by atoms with Gasteiger partial charge < -0.3 is 0 Å². The molecule has 0 atom stereocenters. The first-order valence-electron chi connectivity index (χ1n) is 0. The quantitative estimate of drug-likeness (QED) is 0.491. The number of rotatable bonds is 0. The van der Waals surface area contributed by atoms with Crippen LogP contribution in [0.5, 0.6) is 0 Å². The monoisotopic (exact) mass is 411 g/mol. The fourth-order valence-corrected chi connectivity index (χ4v) is 0. The molecule has 0 aliphatic carbocycles. The van der Waals surface area contributed by atoms with Crippen molar-refractivity contribution in [3.05, 3.63) is 0 Å². The zero-order chi connectivity index (χ0) is 0. The van der Waals surface area contributed by atoms with Gasteiger partial charge in [0.25, 0.3) is 0 Å². The van der Waals surface area contributed by atoms with E-state index in [1.165, 1.54) is 0 Å². The van der Waals surface area contributed by atoms with Gasteiger partial charge in [0, 0.05) is 103 Å². The summed E-state index contributed by atoms with van der Waals surface area (Å²) in [6.07, 6.45) is 0. The average Bonchev–Trinajstić information content (AvgIpc) is 0. The Morgan fingerprint density at radius 1 is 0.800 bits per heavy atom. The van der Waals surface area contributed by atoms with Gasteiger partial charge in [-0.25, -0.2) is 0 Å². The molecule has 3 radical (unpaired) electrons. The van der Waals surface area contributed by atoms with Gasteiger partial charge in [-0.1, -0.05) is 0 Å². The molecule has 5 heteroatoms. The minimum absolute atomic E-state index is 0. The van der Waals surface area contributed by atoms with E-state index in [4.69, 9.17) is 0 Å². The predicted octanol–water partition coefficient (Wildman–Crippen LogP) is -0.0125. The third-order valence-electron chi connectivity index (χ3n) is 0. The largest absolute Gasteiger partial charge is 0 e. The van der Waals surface area contributed by atoms with Crippen LogP contribution in [0.1, 0.15) is 0 Å². The maximum absolute atomic E-state index is 0. The van der Waals surface area contributed by atoms with E-state index in [2.05, 4.69) is 0 Å². The molecule has 0 aromatic heterocycles. The van der Waals surface area contributed by atoms with Crippen molar-refractivity contribution in [2.45, 2.75) is 0 Å². The van der Waals surface area contributed by atoms with Gasteiger partial charge in [0.1, 0.15) is 0 Å². The second-order valence-corrected chi connectivity index (χ2v) is 0. The molecule has 0 aromatic rings. The minimum Gasteiger partial charge on any atom is 0 e. The Labute approximate surface area is 101 Å². The Hall–Kier alpha value is 3.32. The zero-order valence-corrected chi connectivity index (χ0v) is 12.7. The normalized spacial score (nSPS) is 0. The van der Waals surface area contributed by atoms with Crippen LogP contribution in [-0.4, -0.2) is 0 Å². The van der Waals surface area contributed by atoms with Crippen molar-refractivity contribution in [1.82, 2.24) is 0 Å². The molecular weight excluding hydrogens is 413 g/mol. The second kappa shape index (κ2) is 26.5. The Morgan fingerprint density at radius 3 is 0.800 bits per heavy atom. The van der Waals surface area contributed by atoms with Gasteiger partial charge >= 0.3 is 0 Å². The van der Waals surface area contributed by atoms with Gasteiger partial charge in [-0.3, -0.25) is 0 Å². The topological polar surface area (TPSA) is 0 Å². The summed E-state index contributed by atoms with van der Waals surface area (Å²) in [7, 11) is 0. The van der Waals surface area contributed by atoms with Crippen LogP contribution in [-0.2, 0) is 103 Å². The summed E-state index contributed by atoms with van der Waals surface area (Å²) < 4.78 is 0. The number of hydrogen-bond donors (Lipinski definition) is 0. The van der Waals surface area contributed by atoms with E-state index in [-0.39, 0.29) is 103 Å². The molecular formula is AgCdCu2Zn. The summed E-state index contributed by atoms with van der Waals surface area (Å²) in [4.78, 5) is 0. The van der Waals surface area contributed by atoms with Crippen molar-refractivity contribution < 1.29 is 103 Å². The summed E-state index contributed by atoms with van der Waals surface area (Å²) in [5.41, 5.74) is 0. The van der Waals surface area contributed by atoms with Crippen LogP contribution < -0.4 is 0 Å². The fourth-order valence-electron chi connectivity index (χ4n) is 0. The molecule has 0 saturated heterocycles. The Bertz CT molecular complexity index is 9.61. The van der Waals surface area contributed by atoms with Crippen molar-refractivity contribution >= 4 is 0 Å². The van der Waals surface area contributed by atoms with E-state index in [0.29, 0.717) is 0 Å². The van der Waals surface area contributed by atoms with E-state index < -0.39 is 0 Å². The van der Waals surface area contributed by atoms with Crippen molar-refractivity contribution in [2.75, 3.05) is 0 Å². The van der Waals surface area contributed by atoms with E-state index in [9.17, 15) is 0 Å². The molecule has 0 N–H and O–H groups in total.